The Morgan fingerprint density at radius 2 is 1.80 bits per heavy atom. The van der Waals surface area contributed by atoms with Crippen molar-refractivity contribution in [2.45, 2.75) is 26.2 Å². The van der Waals surface area contributed by atoms with Crippen LogP contribution in [0, 0.1) is 5.82 Å². The van der Waals surface area contributed by atoms with Crippen molar-refractivity contribution in [2.75, 3.05) is 7.11 Å². The first-order valence-electron chi connectivity index (χ1n) is 7.91. The maximum atomic E-state index is 14.3. The van der Waals surface area contributed by atoms with E-state index in [9.17, 15) is 4.39 Å². The molecule has 0 bridgehead atoms. The molecule has 1 aromatic carbocycles. The number of hydrogen-bond donors (Lipinski definition) is 0. The fourth-order valence-corrected chi connectivity index (χ4v) is 2.44. The Hall–Kier alpha value is -2.89. The molecule has 5 nitrogen and oxygen atoms in total. The van der Waals surface area contributed by atoms with Crippen molar-refractivity contribution in [1.82, 2.24) is 14.8 Å². The Bertz CT molecular complexity index is 884. The second kappa shape index (κ2) is 6.55. The van der Waals surface area contributed by atoms with Crippen LogP contribution in [0.5, 0.6) is 17.4 Å². The summed E-state index contributed by atoms with van der Waals surface area (Å²) in [6.45, 7) is 5.92. The first kappa shape index (κ1) is 17.0. The molecule has 3 rings (SSSR count). The Kier molecular flexibility index (Phi) is 4.44. The predicted octanol–water partition coefficient (Wildman–Crippen LogP) is 4.50. The number of methoxy groups -OCH3 is 1. The first-order valence-corrected chi connectivity index (χ1v) is 7.91. The van der Waals surface area contributed by atoms with Crippen molar-refractivity contribution in [2.24, 2.45) is 0 Å². The van der Waals surface area contributed by atoms with Gasteiger partial charge in [0.2, 0.25) is 5.88 Å². The predicted molar refractivity (Wildman–Crippen MR) is 93.1 cm³/mol. The van der Waals surface area contributed by atoms with Gasteiger partial charge in [-0.15, -0.1) is 5.10 Å². The maximum Gasteiger partial charge on any atom is 0.232 e. The third kappa shape index (κ3) is 3.79. The summed E-state index contributed by atoms with van der Waals surface area (Å²) in [4.78, 5) is 4.25. The lowest BCUT2D eigenvalue weighted by Crippen LogP contribution is -2.13. The van der Waals surface area contributed by atoms with Gasteiger partial charge in [-0.25, -0.2) is 14.1 Å². The Morgan fingerprint density at radius 1 is 1.04 bits per heavy atom. The fourth-order valence-electron chi connectivity index (χ4n) is 2.44. The van der Waals surface area contributed by atoms with Gasteiger partial charge in [0.1, 0.15) is 17.3 Å². The van der Waals surface area contributed by atoms with E-state index < -0.39 is 0 Å². The number of ether oxygens (including phenoxy) is 2. The lowest BCUT2D eigenvalue weighted by molar-refractivity contribution is 0.394. The van der Waals surface area contributed by atoms with Crippen LogP contribution in [0.2, 0.25) is 0 Å². The third-order valence-corrected chi connectivity index (χ3v) is 3.71. The average Bonchev–Trinajstić information content (AvgIpc) is 3.03. The molecule has 0 aliphatic heterocycles. The number of rotatable bonds is 4. The normalized spacial score (nSPS) is 11.4. The summed E-state index contributed by atoms with van der Waals surface area (Å²) in [6.07, 6.45) is 3.35. The van der Waals surface area contributed by atoms with E-state index in [1.165, 1.54) is 6.07 Å². The average molecular weight is 341 g/mol. The van der Waals surface area contributed by atoms with Crippen LogP contribution in [0.4, 0.5) is 4.39 Å². The molecule has 6 heteroatoms. The van der Waals surface area contributed by atoms with E-state index in [1.807, 2.05) is 20.8 Å². The van der Waals surface area contributed by atoms with Crippen molar-refractivity contribution in [1.29, 1.82) is 0 Å². The van der Waals surface area contributed by atoms with Gasteiger partial charge in [-0.2, -0.15) is 0 Å². The summed E-state index contributed by atoms with van der Waals surface area (Å²) in [7, 11) is 1.55. The minimum atomic E-state index is -0.281. The molecule has 0 atom stereocenters. The van der Waals surface area contributed by atoms with Gasteiger partial charge >= 0.3 is 0 Å². The van der Waals surface area contributed by atoms with Crippen LogP contribution in [0.15, 0.2) is 48.8 Å². The highest BCUT2D eigenvalue weighted by molar-refractivity contribution is 5.38. The zero-order valence-electron chi connectivity index (χ0n) is 14.7. The van der Waals surface area contributed by atoms with Crippen molar-refractivity contribution in [3.05, 3.63) is 60.2 Å². The smallest absolute Gasteiger partial charge is 0.232 e. The molecule has 0 aliphatic carbocycles. The van der Waals surface area contributed by atoms with E-state index in [1.54, 1.807) is 54.5 Å². The summed E-state index contributed by atoms with van der Waals surface area (Å²) >= 11 is 0. The molecule has 0 radical (unpaired) electrons. The van der Waals surface area contributed by atoms with Gasteiger partial charge in [0.15, 0.2) is 5.82 Å². The monoisotopic (exact) mass is 341 g/mol. The maximum absolute atomic E-state index is 14.3. The molecule has 130 valence electrons. The molecule has 3 aromatic rings. The van der Waals surface area contributed by atoms with Crippen molar-refractivity contribution >= 4 is 0 Å². The molecule has 0 aliphatic rings. The molecule has 0 amide bonds. The molecule has 0 saturated heterocycles. The molecular formula is C19H20FN3O2. The van der Waals surface area contributed by atoms with E-state index in [-0.39, 0.29) is 11.2 Å². The molecular weight excluding hydrogens is 321 g/mol. The van der Waals surface area contributed by atoms with Crippen LogP contribution < -0.4 is 9.47 Å². The van der Waals surface area contributed by atoms with E-state index in [0.29, 0.717) is 28.8 Å². The van der Waals surface area contributed by atoms with Crippen LogP contribution in [0.25, 0.3) is 5.82 Å². The highest BCUT2D eigenvalue weighted by Gasteiger charge is 2.18. The van der Waals surface area contributed by atoms with Gasteiger partial charge in [0.05, 0.1) is 7.11 Å². The number of pyridine rings is 1. The lowest BCUT2D eigenvalue weighted by Gasteiger charge is -2.20. The van der Waals surface area contributed by atoms with Crippen molar-refractivity contribution < 1.29 is 13.9 Å². The fraction of sp³-hybridized carbons (Fsp3) is 0.263. The number of hydrogen-bond acceptors (Lipinski definition) is 4. The standard InChI is InChI=1S/C19H20FN3O2/c1-19(2,3)15-6-5-13(11-16(15)20)25-14-7-9-21-17(12-14)23-10-8-18(22-23)24-4/h5-12H,1-4H3. The molecule has 0 fully saturated rings. The number of aromatic nitrogens is 3. The second-order valence-corrected chi connectivity index (χ2v) is 6.65. The first-order chi connectivity index (χ1) is 11.9. The molecule has 2 aromatic heterocycles. The minimum absolute atomic E-state index is 0.258. The summed E-state index contributed by atoms with van der Waals surface area (Å²) in [5.41, 5.74) is 0.393. The summed E-state index contributed by atoms with van der Waals surface area (Å²) in [5, 5.41) is 4.22. The Morgan fingerprint density at radius 3 is 2.44 bits per heavy atom. The second-order valence-electron chi connectivity index (χ2n) is 6.65. The molecule has 0 saturated carbocycles. The van der Waals surface area contributed by atoms with Gasteiger partial charge in [0, 0.05) is 30.6 Å². The van der Waals surface area contributed by atoms with Crippen molar-refractivity contribution in [3.8, 4) is 23.2 Å². The van der Waals surface area contributed by atoms with Crippen LogP contribution in [0.3, 0.4) is 0 Å². The van der Waals surface area contributed by atoms with Crippen LogP contribution in [-0.4, -0.2) is 21.9 Å². The molecule has 0 unspecified atom stereocenters. The Balaban J connectivity index is 1.84. The molecule has 0 spiro atoms. The van der Waals surface area contributed by atoms with E-state index in [0.717, 1.165) is 0 Å². The highest BCUT2D eigenvalue weighted by Crippen LogP contribution is 2.30. The Labute approximate surface area is 146 Å². The number of nitrogens with zero attached hydrogens (tertiary/aromatic N) is 3. The molecule has 0 N–H and O–H groups in total. The quantitative estimate of drug-likeness (QED) is 0.701. The highest BCUT2D eigenvalue weighted by atomic mass is 19.1. The zero-order chi connectivity index (χ0) is 18.0. The van der Waals surface area contributed by atoms with Crippen molar-refractivity contribution in [3.63, 3.8) is 0 Å². The van der Waals surface area contributed by atoms with Gasteiger partial charge < -0.3 is 9.47 Å². The largest absolute Gasteiger partial charge is 0.480 e. The van der Waals surface area contributed by atoms with Gasteiger partial charge in [-0.05, 0) is 23.1 Å². The summed E-state index contributed by atoms with van der Waals surface area (Å²) in [6, 6.07) is 10.1. The number of halogens is 1. The van der Waals surface area contributed by atoms with Crippen LogP contribution in [0.1, 0.15) is 26.3 Å². The SMILES string of the molecule is COc1ccn(-c2cc(Oc3ccc(C(C)(C)C)c(F)c3)ccn2)n1. The van der Waals surface area contributed by atoms with Gasteiger partial charge in [-0.1, -0.05) is 26.8 Å². The van der Waals surface area contributed by atoms with E-state index in [4.69, 9.17) is 9.47 Å². The van der Waals surface area contributed by atoms with E-state index >= 15 is 0 Å². The number of benzene rings is 1. The van der Waals surface area contributed by atoms with Gasteiger partial charge in [0.25, 0.3) is 0 Å². The van der Waals surface area contributed by atoms with Crippen LogP contribution >= 0.6 is 0 Å². The minimum Gasteiger partial charge on any atom is -0.480 e. The summed E-state index contributed by atoms with van der Waals surface area (Å²) < 4.78 is 26.7. The topological polar surface area (TPSA) is 49.2 Å². The molecule has 2 heterocycles. The van der Waals surface area contributed by atoms with E-state index in [2.05, 4.69) is 10.1 Å². The van der Waals surface area contributed by atoms with Crippen LogP contribution in [-0.2, 0) is 5.41 Å². The molecule has 25 heavy (non-hydrogen) atoms. The zero-order valence-corrected chi connectivity index (χ0v) is 14.7. The lowest BCUT2D eigenvalue weighted by atomic mass is 9.87. The van der Waals surface area contributed by atoms with Gasteiger partial charge in [-0.3, -0.25) is 0 Å². The summed E-state index contributed by atoms with van der Waals surface area (Å²) in [5.74, 6) is 1.76. The third-order valence-electron chi connectivity index (χ3n) is 3.71.